The van der Waals surface area contributed by atoms with E-state index in [0.717, 1.165) is 6.07 Å². The maximum Gasteiger partial charge on any atom is 0.419 e. The van der Waals surface area contributed by atoms with Gasteiger partial charge < -0.3 is 16.4 Å². The summed E-state index contributed by atoms with van der Waals surface area (Å²) in [5, 5.41) is 4.41. The van der Waals surface area contributed by atoms with Crippen molar-refractivity contribution in [2.75, 3.05) is 10.6 Å². The second-order valence-corrected chi connectivity index (χ2v) is 4.68. The molecule has 4 N–H and O–H groups in total. The zero-order valence-corrected chi connectivity index (χ0v) is 11.9. The summed E-state index contributed by atoms with van der Waals surface area (Å²) >= 11 is 0. The van der Waals surface area contributed by atoms with Crippen molar-refractivity contribution in [3.05, 3.63) is 59.4 Å². The minimum absolute atomic E-state index is 0.0303. The van der Waals surface area contributed by atoms with Crippen LogP contribution in [-0.4, -0.2) is 11.9 Å². The molecule has 0 aliphatic carbocycles. The van der Waals surface area contributed by atoms with Gasteiger partial charge in [0.15, 0.2) is 0 Å². The van der Waals surface area contributed by atoms with Gasteiger partial charge in [-0.05, 0) is 30.3 Å². The van der Waals surface area contributed by atoms with E-state index in [-0.39, 0.29) is 16.9 Å². The summed E-state index contributed by atoms with van der Waals surface area (Å²) in [6, 6.07) is 6.95. The largest absolute Gasteiger partial charge is 0.419 e. The maximum absolute atomic E-state index is 13.2. The van der Waals surface area contributed by atoms with E-state index in [1.165, 1.54) is 24.3 Å². The average molecular weight is 341 g/mol. The minimum Gasteiger partial charge on any atom is -0.366 e. The van der Waals surface area contributed by atoms with Crippen LogP contribution in [0.2, 0.25) is 0 Å². The SMILES string of the molecule is NC(=O)c1ccccc1NC(=O)Nc1ccc(F)c(C(F)(F)F)c1. The van der Waals surface area contributed by atoms with Crippen molar-refractivity contribution in [2.45, 2.75) is 6.18 Å². The molecule has 0 aliphatic heterocycles. The van der Waals surface area contributed by atoms with Crippen LogP contribution >= 0.6 is 0 Å². The van der Waals surface area contributed by atoms with Gasteiger partial charge in [0.25, 0.3) is 5.91 Å². The standard InChI is InChI=1S/C15H11F4N3O2/c16-11-6-5-8(7-10(11)15(17,18)19)21-14(24)22-12-4-2-1-3-9(12)13(20)23/h1-7H,(H2,20,23)(H2,21,22,24). The number of urea groups is 1. The Morgan fingerprint density at radius 2 is 1.67 bits per heavy atom. The fourth-order valence-electron chi connectivity index (χ4n) is 1.91. The average Bonchev–Trinajstić information content (AvgIpc) is 2.48. The van der Waals surface area contributed by atoms with E-state index in [0.29, 0.717) is 12.1 Å². The molecular weight excluding hydrogens is 330 g/mol. The summed E-state index contributed by atoms with van der Waals surface area (Å²) in [4.78, 5) is 23.1. The first-order valence-electron chi connectivity index (χ1n) is 6.52. The molecule has 0 fully saturated rings. The third-order valence-electron chi connectivity index (χ3n) is 2.97. The van der Waals surface area contributed by atoms with Gasteiger partial charge in [0.2, 0.25) is 0 Å². The van der Waals surface area contributed by atoms with Gasteiger partial charge in [-0.3, -0.25) is 4.79 Å². The summed E-state index contributed by atoms with van der Waals surface area (Å²) in [6.07, 6.45) is -4.89. The molecule has 24 heavy (non-hydrogen) atoms. The Bertz CT molecular complexity index is 791. The van der Waals surface area contributed by atoms with Crippen molar-refractivity contribution in [1.82, 2.24) is 0 Å². The van der Waals surface area contributed by atoms with Crippen molar-refractivity contribution in [1.29, 1.82) is 0 Å². The fourth-order valence-corrected chi connectivity index (χ4v) is 1.91. The highest BCUT2D eigenvalue weighted by molar-refractivity contribution is 6.06. The molecule has 0 aliphatic rings. The zero-order chi connectivity index (χ0) is 17.9. The first-order chi connectivity index (χ1) is 11.2. The molecule has 126 valence electrons. The quantitative estimate of drug-likeness (QED) is 0.746. The number of primary amides is 1. The molecule has 0 aromatic heterocycles. The predicted octanol–water partition coefficient (Wildman–Crippen LogP) is 3.59. The molecule has 0 bridgehead atoms. The van der Waals surface area contributed by atoms with Crippen LogP contribution in [0.1, 0.15) is 15.9 Å². The summed E-state index contributed by atoms with van der Waals surface area (Å²) < 4.78 is 51.1. The Kier molecular flexibility index (Phi) is 4.72. The molecule has 0 saturated heterocycles. The number of benzene rings is 2. The number of nitrogens with one attached hydrogen (secondary N) is 2. The number of amides is 3. The third kappa shape index (κ3) is 4.00. The molecular formula is C15H11F4N3O2. The minimum atomic E-state index is -4.89. The number of para-hydroxylation sites is 1. The number of alkyl halides is 3. The molecule has 0 radical (unpaired) electrons. The summed E-state index contributed by atoms with van der Waals surface area (Å²) in [5.41, 5.74) is 3.50. The second-order valence-electron chi connectivity index (χ2n) is 4.68. The molecule has 2 rings (SSSR count). The van der Waals surface area contributed by atoms with Gasteiger partial charge in [-0.25, -0.2) is 9.18 Å². The lowest BCUT2D eigenvalue weighted by Crippen LogP contribution is -2.22. The van der Waals surface area contributed by atoms with E-state index in [1.807, 2.05) is 0 Å². The highest BCUT2D eigenvalue weighted by Crippen LogP contribution is 2.33. The van der Waals surface area contributed by atoms with E-state index in [2.05, 4.69) is 10.6 Å². The van der Waals surface area contributed by atoms with Crippen LogP contribution in [0.5, 0.6) is 0 Å². The number of carbonyl (C=O) groups is 2. The Morgan fingerprint density at radius 3 is 2.29 bits per heavy atom. The maximum atomic E-state index is 13.2. The van der Waals surface area contributed by atoms with Crippen LogP contribution in [0.15, 0.2) is 42.5 Å². The van der Waals surface area contributed by atoms with Crippen LogP contribution in [0.25, 0.3) is 0 Å². The normalized spacial score (nSPS) is 11.0. The van der Waals surface area contributed by atoms with Crippen LogP contribution < -0.4 is 16.4 Å². The third-order valence-corrected chi connectivity index (χ3v) is 2.97. The number of carbonyl (C=O) groups excluding carboxylic acids is 2. The van der Waals surface area contributed by atoms with Crippen LogP contribution in [-0.2, 0) is 6.18 Å². The van der Waals surface area contributed by atoms with Crippen molar-refractivity contribution in [2.24, 2.45) is 5.73 Å². The molecule has 0 unspecified atom stereocenters. The smallest absolute Gasteiger partial charge is 0.366 e. The highest BCUT2D eigenvalue weighted by atomic mass is 19.4. The summed E-state index contributed by atoms with van der Waals surface area (Å²) in [6.45, 7) is 0. The zero-order valence-electron chi connectivity index (χ0n) is 11.9. The lowest BCUT2D eigenvalue weighted by molar-refractivity contribution is -0.139. The lowest BCUT2D eigenvalue weighted by atomic mass is 10.1. The molecule has 3 amide bonds. The van der Waals surface area contributed by atoms with Gasteiger partial charge in [-0.1, -0.05) is 12.1 Å². The van der Waals surface area contributed by atoms with E-state index in [4.69, 9.17) is 5.73 Å². The molecule has 2 aromatic carbocycles. The first kappa shape index (κ1) is 17.3. The fraction of sp³-hybridized carbons (Fsp3) is 0.0667. The molecule has 0 heterocycles. The van der Waals surface area contributed by atoms with Gasteiger partial charge in [0, 0.05) is 5.69 Å². The van der Waals surface area contributed by atoms with Crippen LogP contribution in [0, 0.1) is 5.82 Å². The monoisotopic (exact) mass is 341 g/mol. The Hall–Kier alpha value is -3.10. The molecule has 9 heteroatoms. The number of hydrogen-bond acceptors (Lipinski definition) is 2. The lowest BCUT2D eigenvalue weighted by Gasteiger charge is -2.12. The van der Waals surface area contributed by atoms with Gasteiger partial charge in [0.1, 0.15) is 5.82 Å². The number of nitrogens with two attached hydrogens (primary N) is 1. The Labute approximate surface area is 133 Å². The molecule has 0 saturated carbocycles. The number of rotatable bonds is 3. The van der Waals surface area contributed by atoms with Crippen molar-refractivity contribution in [3.8, 4) is 0 Å². The van der Waals surface area contributed by atoms with Gasteiger partial charge in [-0.15, -0.1) is 0 Å². The van der Waals surface area contributed by atoms with Crippen molar-refractivity contribution in [3.63, 3.8) is 0 Å². The van der Waals surface area contributed by atoms with E-state index in [1.54, 1.807) is 0 Å². The van der Waals surface area contributed by atoms with Crippen molar-refractivity contribution < 1.29 is 27.2 Å². The molecule has 5 nitrogen and oxygen atoms in total. The number of halogens is 4. The number of hydrogen-bond donors (Lipinski definition) is 3. The molecule has 0 spiro atoms. The topological polar surface area (TPSA) is 84.2 Å². The molecule has 0 atom stereocenters. The van der Waals surface area contributed by atoms with Gasteiger partial charge >= 0.3 is 12.2 Å². The van der Waals surface area contributed by atoms with Gasteiger partial charge in [0.05, 0.1) is 16.8 Å². The predicted molar refractivity (Wildman–Crippen MR) is 79.0 cm³/mol. The Balaban J connectivity index is 2.18. The first-order valence-corrected chi connectivity index (χ1v) is 6.52. The van der Waals surface area contributed by atoms with Crippen LogP contribution in [0.3, 0.4) is 0 Å². The Morgan fingerprint density at radius 1 is 1.00 bits per heavy atom. The highest BCUT2D eigenvalue weighted by Gasteiger charge is 2.34. The number of anilines is 2. The molecule has 2 aromatic rings. The van der Waals surface area contributed by atoms with E-state index < -0.39 is 29.5 Å². The van der Waals surface area contributed by atoms with Crippen molar-refractivity contribution >= 4 is 23.3 Å². The van der Waals surface area contributed by atoms with E-state index in [9.17, 15) is 27.2 Å². The second kappa shape index (κ2) is 6.57. The van der Waals surface area contributed by atoms with Gasteiger partial charge in [-0.2, -0.15) is 13.2 Å². The summed E-state index contributed by atoms with van der Waals surface area (Å²) in [5.74, 6) is -2.24. The van der Waals surface area contributed by atoms with E-state index >= 15 is 0 Å². The summed E-state index contributed by atoms with van der Waals surface area (Å²) in [7, 11) is 0. The van der Waals surface area contributed by atoms with Crippen LogP contribution in [0.4, 0.5) is 33.7 Å².